The van der Waals surface area contributed by atoms with E-state index in [4.69, 9.17) is 4.52 Å². The second-order valence-corrected chi connectivity index (χ2v) is 6.52. The highest BCUT2D eigenvalue weighted by Crippen LogP contribution is 2.37. The number of benzene rings is 1. The molecule has 2 aliphatic rings. The predicted octanol–water partition coefficient (Wildman–Crippen LogP) is 3.94. The Bertz CT molecular complexity index is 612. The molecule has 1 aromatic carbocycles. The van der Waals surface area contributed by atoms with Crippen molar-refractivity contribution in [3.63, 3.8) is 0 Å². The van der Waals surface area contributed by atoms with Crippen LogP contribution >= 0.6 is 0 Å². The molecule has 1 aromatic heterocycles. The first kappa shape index (κ1) is 12.9. The third-order valence-corrected chi connectivity index (χ3v) is 4.95. The van der Waals surface area contributed by atoms with Crippen LogP contribution in [0.1, 0.15) is 47.6 Å². The van der Waals surface area contributed by atoms with E-state index in [9.17, 15) is 0 Å². The van der Waals surface area contributed by atoms with Gasteiger partial charge in [-0.1, -0.05) is 29.4 Å². The molecule has 1 atom stereocenters. The van der Waals surface area contributed by atoms with Gasteiger partial charge in [0.05, 0.1) is 5.69 Å². The molecule has 3 nitrogen and oxygen atoms in total. The maximum absolute atomic E-state index is 5.36. The number of nitrogens with one attached hydrogen (secondary N) is 1. The molecule has 0 spiro atoms. The van der Waals surface area contributed by atoms with E-state index in [1.54, 1.807) is 0 Å². The lowest BCUT2D eigenvalue weighted by Crippen LogP contribution is -2.13. The first-order chi connectivity index (χ1) is 10.3. The van der Waals surface area contributed by atoms with Crippen LogP contribution in [0.15, 0.2) is 28.8 Å². The minimum Gasteiger partial charge on any atom is -0.357 e. The maximum atomic E-state index is 5.36. The molecule has 1 saturated carbocycles. The zero-order valence-electron chi connectivity index (χ0n) is 12.6. The Labute approximate surface area is 125 Å². The van der Waals surface area contributed by atoms with Gasteiger partial charge in [0, 0.05) is 12.6 Å². The molecule has 2 aliphatic carbocycles. The van der Waals surface area contributed by atoms with E-state index in [0.29, 0.717) is 5.92 Å². The fourth-order valence-electron chi connectivity index (χ4n) is 3.47. The van der Waals surface area contributed by atoms with Crippen LogP contribution in [0.4, 0.5) is 5.88 Å². The Kier molecular flexibility index (Phi) is 3.21. The normalized spacial score (nSPS) is 21.1. The summed E-state index contributed by atoms with van der Waals surface area (Å²) in [5.74, 6) is 2.40. The molecule has 1 unspecified atom stereocenters. The number of anilines is 1. The monoisotopic (exact) mass is 282 g/mol. The fourth-order valence-corrected chi connectivity index (χ4v) is 3.47. The smallest absolute Gasteiger partial charge is 0.227 e. The Balaban J connectivity index is 1.51. The van der Waals surface area contributed by atoms with Gasteiger partial charge in [0.1, 0.15) is 0 Å². The molecule has 0 saturated heterocycles. The molecule has 21 heavy (non-hydrogen) atoms. The molecule has 2 aromatic rings. The van der Waals surface area contributed by atoms with Crippen LogP contribution in [0.25, 0.3) is 0 Å². The van der Waals surface area contributed by atoms with Crippen molar-refractivity contribution in [2.45, 2.75) is 44.4 Å². The van der Waals surface area contributed by atoms with Crippen LogP contribution in [-0.2, 0) is 19.3 Å². The van der Waals surface area contributed by atoms with Crippen molar-refractivity contribution in [3.8, 4) is 0 Å². The highest BCUT2D eigenvalue weighted by atomic mass is 16.5. The van der Waals surface area contributed by atoms with Gasteiger partial charge < -0.3 is 9.84 Å². The summed E-state index contributed by atoms with van der Waals surface area (Å²) in [7, 11) is 1.90. The van der Waals surface area contributed by atoms with Crippen LogP contribution in [0.3, 0.4) is 0 Å². The van der Waals surface area contributed by atoms with E-state index in [1.165, 1.54) is 42.4 Å². The number of rotatable bonds is 4. The summed E-state index contributed by atoms with van der Waals surface area (Å²) in [4.78, 5) is 0. The average molecular weight is 282 g/mol. The van der Waals surface area contributed by atoms with Gasteiger partial charge in [-0.15, -0.1) is 0 Å². The molecule has 1 heterocycles. The van der Waals surface area contributed by atoms with Crippen LogP contribution in [0, 0.1) is 5.92 Å². The van der Waals surface area contributed by atoms with Crippen molar-refractivity contribution in [1.82, 2.24) is 5.16 Å². The molecule has 0 bridgehead atoms. The number of fused-ring (bicyclic) bond motifs is 1. The van der Waals surface area contributed by atoms with Crippen molar-refractivity contribution in [3.05, 3.63) is 46.6 Å². The summed E-state index contributed by atoms with van der Waals surface area (Å²) in [5, 5.41) is 7.29. The number of aryl methyl sites for hydroxylation is 1. The second kappa shape index (κ2) is 5.21. The van der Waals surface area contributed by atoms with E-state index in [-0.39, 0.29) is 0 Å². The fraction of sp³-hybridized carbons (Fsp3) is 0.500. The largest absolute Gasteiger partial charge is 0.357 e. The Morgan fingerprint density at radius 3 is 2.71 bits per heavy atom. The van der Waals surface area contributed by atoms with Crippen LogP contribution in [-0.4, -0.2) is 12.2 Å². The Morgan fingerprint density at radius 1 is 1.19 bits per heavy atom. The SMILES string of the molecule is CNc1onc2c1CC(c1ccc(CC3CC3)cc1)CC2. The Hall–Kier alpha value is -1.77. The summed E-state index contributed by atoms with van der Waals surface area (Å²) < 4.78 is 5.36. The molecule has 0 aliphatic heterocycles. The number of hydrogen-bond donors (Lipinski definition) is 1. The lowest BCUT2D eigenvalue weighted by atomic mass is 9.82. The number of hydrogen-bond acceptors (Lipinski definition) is 3. The summed E-state index contributed by atoms with van der Waals surface area (Å²) >= 11 is 0. The lowest BCUT2D eigenvalue weighted by molar-refractivity contribution is 0.424. The third-order valence-electron chi connectivity index (χ3n) is 4.95. The van der Waals surface area contributed by atoms with Gasteiger partial charge in [-0.2, -0.15) is 0 Å². The summed E-state index contributed by atoms with van der Waals surface area (Å²) in [6.07, 6.45) is 7.35. The number of nitrogens with zero attached hydrogens (tertiary/aromatic N) is 1. The molecule has 1 N–H and O–H groups in total. The van der Waals surface area contributed by atoms with Crippen LogP contribution < -0.4 is 5.32 Å². The van der Waals surface area contributed by atoms with Crippen molar-refractivity contribution in [2.75, 3.05) is 12.4 Å². The molecule has 0 amide bonds. The second-order valence-electron chi connectivity index (χ2n) is 6.52. The first-order valence-electron chi connectivity index (χ1n) is 8.07. The van der Waals surface area contributed by atoms with E-state index < -0.39 is 0 Å². The van der Waals surface area contributed by atoms with E-state index in [2.05, 4.69) is 34.7 Å². The van der Waals surface area contributed by atoms with Gasteiger partial charge in [0.25, 0.3) is 0 Å². The lowest BCUT2D eigenvalue weighted by Gasteiger charge is -2.22. The van der Waals surface area contributed by atoms with E-state index >= 15 is 0 Å². The third kappa shape index (κ3) is 2.57. The van der Waals surface area contributed by atoms with Crippen LogP contribution in [0.5, 0.6) is 0 Å². The highest BCUT2D eigenvalue weighted by Gasteiger charge is 2.26. The van der Waals surface area contributed by atoms with Crippen molar-refractivity contribution in [1.29, 1.82) is 0 Å². The van der Waals surface area contributed by atoms with Gasteiger partial charge in [0.15, 0.2) is 0 Å². The van der Waals surface area contributed by atoms with Crippen molar-refractivity contribution in [2.24, 2.45) is 5.92 Å². The molecule has 3 heteroatoms. The molecule has 4 rings (SSSR count). The van der Waals surface area contributed by atoms with E-state index in [1.807, 2.05) is 7.05 Å². The van der Waals surface area contributed by atoms with Gasteiger partial charge in [-0.25, -0.2) is 0 Å². The van der Waals surface area contributed by atoms with Crippen LogP contribution in [0.2, 0.25) is 0 Å². The summed E-state index contributed by atoms with van der Waals surface area (Å²) in [6.45, 7) is 0. The summed E-state index contributed by atoms with van der Waals surface area (Å²) in [6, 6.07) is 9.32. The molecular weight excluding hydrogens is 260 g/mol. The predicted molar refractivity (Wildman–Crippen MR) is 83.7 cm³/mol. The summed E-state index contributed by atoms with van der Waals surface area (Å²) in [5.41, 5.74) is 5.37. The Morgan fingerprint density at radius 2 is 2.00 bits per heavy atom. The topological polar surface area (TPSA) is 38.1 Å². The molecule has 1 fully saturated rings. The maximum Gasteiger partial charge on any atom is 0.227 e. The van der Waals surface area contributed by atoms with Crippen molar-refractivity contribution < 1.29 is 4.52 Å². The molecular formula is C18H22N2O. The molecule has 0 radical (unpaired) electrons. The van der Waals surface area contributed by atoms with Gasteiger partial charge in [-0.3, -0.25) is 0 Å². The minimum atomic E-state index is 0.596. The van der Waals surface area contributed by atoms with Gasteiger partial charge in [-0.05, 0) is 61.5 Å². The molecule has 110 valence electrons. The highest BCUT2D eigenvalue weighted by molar-refractivity contribution is 5.46. The van der Waals surface area contributed by atoms with Crippen molar-refractivity contribution >= 4 is 5.88 Å². The van der Waals surface area contributed by atoms with Gasteiger partial charge >= 0.3 is 0 Å². The zero-order chi connectivity index (χ0) is 14.2. The van der Waals surface area contributed by atoms with Gasteiger partial charge in [0.2, 0.25) is 5.88 Å². The zero-order valence-corrected chi connectivity index (χ0v) is 12.6. The first-order valence-corrected chi connectivity index (χ1v) is 8.07. The minimum absolute atomic E-state index is 0.596. The number of aromatic nitrogens is 1. The average Bonchev–Trinajstić information content (AvgIpc) is 3.24. The quantitative estimate of drug-likeness (QED) is 0.923. The van der Waals surface area contributed by atoms with E-state index in [0.717, 1.165) is 30.3 Å². The standard InChI is InChI=1S/C18H22N2O/c1-19-18-16-11-15(8-9-17(16)20-21-18)14-6-4-13(5-7-14)10-12-2-3-12/h4-7,12,15,19H,2-3,8-11H2,1H3.